The second-order valence-corrected chi connectivity index (χ2v) is 7.79. The summed E-state index contributed by atoms with van der Waals surface area (Å²) in [4.78, 5) is 20.7. The van der Waals surface area contributed by atoms with Crippen LogP contribution in [-0.4, -0.2) is 33.4 Å². The molecule has 0 aliphatic carbocycles. The zero-order valence-corrected chi connectivity index (χ0v) is 15.0. The van der Waals surface area contributed by atoms with Crippen molar-refractivity contribution in [2.75, 3.05) is 13.1 Å². The summed E-state index contributed by atoms with van der Waals surface area (Å²) in [6.07, 6.45) is 6.84. The summed E-state index contributed by atoms with van der Waals surface area (Å²) in [6.45, 7) is 8.01. The SMILES string of the molecule is Cc1nc([C@@H]2CCCN(C(=O)C[C@@H](C)n3cccc3)C2)sc1C. The van der Waals surface area contributed by atoms with Gasteiger partial charge in [0.05, 0.1) is 10.7 Å². The van der Waals surface area contributed by atoms with Gasteiger partial charge in [-0.25, -0.2) is 4.98 Å². The summed E-state index contributed by atoms with van der Waals surface area (Å²) in [5, 5.41) is 1.20. The van der Waals surface area contributed by atoms with Crippen LogP contribution in [0.15, 0.2) is 24.5 Å². The van der Waals surface area contributed by atoms with Gasteiger partial charge in [-0.15, -0.1) is 11.3 Å². The first kappa shape index (κ1) is 16.2. The third-order valence-corrected chi connectivity index (χ3v) is 6.01. The minimum Gasteiger partial charge on any atom is -0.351 e. The zero-order valence-electron chi connectivity index (χ0n) is 14.2. The number of piperidine rings is 1. The Labute approximate surface area is 142 Å². The molecule has 0 radical (unpaired) electrons. The predicted molar refractivity (Wildman–Crippen MR) is 93.9 cm³/mol. The zero-order chi connectivity index (χ0) is 16.4. The summed E-state index contributed by atoms with van der Waals surface area (Å²) < 4.78 is 2.10. The number of aryl methyl sites for hydroxylation is 2. The standard InChI is InChI=1S/C18H25N3OS/c1-13(20-8-4-5-9-20)11-17(22)21-10-6-7-16(12-21)18-19-14(2)15(3)23-18/h4-5,8-9,13,16H,6-7,10-12H2,1-3H3/t13-,16-/m1/s1. The molecule has 2 aromatic rings. The average Bonchev–Trinajstić information content (AvgIpc) is 3.18. The highest BCUT2D eigenvalue weighted by Crippen LogP contribution is 2.31. The molecule has 1 fully saturated rings. The van der Waals surface area contributed by atoms with Crippen LogP contribution in [0, 0.1) is 13.8 Å². The highest BCUT2D eigenvalue weighted by Gasteiger charge is 2.27. The minimum atomic E-state index is 0.210. The number of thiazole rings is 1. The molecule has 0 unspecified atom stereocenters. The molecule has 3 rings (SSSR count). The molecule has 4 nitrogen and oxygen atoms in total. The smallest absolute Gasteiger partial charge is 0.224 e. The van der Waals surface area contributed by atoms with Gasteiger partial charge >= 0.3 is 0 Å². The number of aromatic nitrogens is 2. The Hall–Kier alpha value is -1.62. The van der Waals surface area contributed by atoms with Crippen molar-refractivity contribution in [2.24, 2.45) is 0 Å². The fourth-order valence-electron chi connectivity index (χ4n) is 3.21. The quantitative estimate of drug-likeness (QED) is 0.851. The molecule has 0 saturated carbocycles. The van der Waals surface area contributed by atoms with E-state index in [2.05, 4.69) is 25.3 Å². The molecule has 2 aromatic heterocycles. The van der Waals surface area contributed by atoms with E-state index in [-0.39, 0.29) is 11.9 Å². The van der Waals surface area contributed by atoms with Crippen LogP contribution in [-0.2, 0) is 4.79 Å². The lowest BCUT2D eigenvalue weighted by molar-refractivity contribution is -0.133. The fraction of sp³-hybridized carbons (Fsp3) is 0.556. The number of amides is 1. The Morgan fingerprint density at radius 1 is 1.39 bits per heavy atom. The summed E-state index contributed by atoms with van der Waals surface area (Å²) in [7, 11) is 0. The van der Waals surface area contributed by atoms with E-state index >= 15 is 0 Å². The third kappa shape index (κ3) is 3.66. The Kier molecular flexibility index (Phi) is 4.85. The number of likely N-dealkylation sites (tertiary alicyclic amines) is 1. The van der Waals surface area contributed by atoms with Crippen molar-refractivity contribution in [3.8, 4) is 0 Å². The van der Waals surface area contributed by atoms with E-state index in [9.17, 15) is 4.79 Å². The van der Waals surface area contributed by atoms with Crippen LogP contribution in [0.3, 0.4) is 0 Å². The van der Waals surface area contributed by atoms with Crippen LogP contribution in [0.2, 0.25) is 0 Å². The number of carbonyl (C=O) groups excluding carboxylic acids is 1. The van der Waals surface area contributed by atoms with Crippen molar-refractivity contribution >= 4 is 17.2 Å². The van der Waals surface area contributed by atoms with Crippen LogP contribution >= 0.6 is 11.3 Å². The van der Waals surface area contributed by atoms with Crippen molar-refractivity contribution < 1.29 is 4.79 Å². The molecule has 1 saturated heterocycles. The maximum Gasteiger partial charge on any atom is 0.224 e. The molecule has 124 valence electrons. The molecule has 1 aliphatic heterocycles. The lowest BCUT2D eigenvalue weighted by atomic mass is 9.98. The van der Waals surface area contributed by atoms with Crippen LogP contribution in [0.1, 0.15) is 53.7 Å². The van der Waals surface area contributed by atoms with E-state index in [0.29, 0.717) is 12.3 Å². The molecular formula is C18H25N3OS. The number of hydrogen-bond acceptors (Lipinski definition) is 3. The molecule has 0 aromatic carbocycles. The van der Waals surface area contributed by atoms with Gasteiger partial charge in [0.2, 0.25) is 5.91 Å². The van der Waals surface area contributed by atoms with Crippen LogP contribution in [0.25, 0.3) is 0 Å². The van der Waals surface area contributed by atoms with Crippen molar-refractivity contribution in [2.45, 2.75) is 52.0 Å². The second kappa shape index (κ2) is 6.87. The molecule has 1 aliphatic rings. The molecule has 23 heavy (non-hydrogen) atoms. The van der Waals surface area contributed by atoms with Gasteiger partial charge in [0.15, 0.2) is 0 Å². The second-order valence-electron chi connectivity index (χ2n) is 6.56. The molecule has 2 atom stereocenters. The molecule has 0 N–H and O–H groups in total. The normalized spacial score (nSPS) is 19.8. The Morgan fingerprint density at radius 2 is 2.13 bits per heavy atom. The van der Waals surface area contributed by atoms with Crippen molar-refractivity contribution in [3.05, 3.63) is 40.1 Å². The van der Waals surface area contributed by atoms with Gasteiger partial charge < -0.3 is 9.47 Å². The molecule has 0 bridgehead atoms. The van der Waals surface area contributed by atoms with Crippen LogP contribution in [0.5, 0.6) is 0 Å². The van der Waals surface area contributed by atoms with E-state index in [0.717, 1.165) is 31.6 Å². The van der Waals surface area contributed by atoms with Crippen LogP contribution in [0.4, 0.5) is 0 Å². The first-order valence-corrected chi connectivity index (χ1v) is 9.20. The topological polar surface area (TPSA) is 38.1 Å². The number of rotatable bonds is 4. The first-order valence-electron chi connectivity index (χ1n) is 8.38. The van der Waals surface area contributed by atoms with Gasteiger partial charge in [-0.05, 0) is 45.7 Å². The summed E-state index contributed by atoms with van der Waals surface area (Å²) in [6, 6.07) is 4.22. The Bertz CT molecular complexity index is 642. The summed E-state index contributed by atoms with van der Waals surface area (Å²) in [5.41, 5.74) is 1.13. The van der Waals surface area contributed by atoms with E-state index in [1.165, 1.54) is 9.88 Å². The maximum atomic E-state index is 12.6. The van der Waals surface area contributed by atoms with E-state index < -0.39 is 0 Å². The predicted octanol–water partition coefficient (Wildman–Crippen LogP) is 3.92. The van der Waals surface area contributed by atoms with Crippen molar-refractivity contribution in [1.82, 2.24) is 14.5 Å². The van der Waals surface area contributed by atoms with Gasteiger partial charge in [-0.2, -0.15) is 0 Å². The monoisotopic (exact) mass is 331 g/mol. The summed E-state index contributed by atoms with van der Waals surface area (Å²) in [5.74, 6) is 0.674. The number of nitrogens with zero attached hydrogens (tertiary/aromatic N) is 3. The van der Waals surface area contributed by atoms with Gasteiger partial charge in [0.1, 0.15) is 0 Å². The average molecular weight is 331 g/mol. The maximum absolute atomic E-state index is 12.6. The fourth-order valence-corrected chi connectivity index (χ4v) is 4.25. The summed E-state index contributed by atoms with van der Waals surface area (Å²) >= 11 is 1.79. The highest BCUT2D eigenvalue weighted by molar-refractivity contribution is 7.11. The largest absolute Gasteiger partial charge is 0.351 e. The van der Waals surface area contributed by atoms with E-state index in [4.69, 9.17) is 4.98 Å². The van der Waals surface area contributed by atoms with Crippen LogP contribution < -0.4 is 0 Å². The van der Waals surface area contributed by atoms with Gasteiger partial charge in [-0.1, -0.05) is 0 Å². The molecule has 1 amide bonds. The van der Waals surface area contributed by atoms with Gasteiger partial charge in [0, 0.05) is 48.7 Å². The Balaban J connectivity index is 1.62. The highest BCUT2D eigenvalue weighted by atomic mass is 32.1. The first-order chi connectivity index (χ1) is 11.0. The van der Waals surface area contributed by atoms with Gasteiger partial charge in [0.25, 0.3) is 0 Å². The van der Waals surface area contributed by atoms with Crippen molar-refractivity contribution in [3.63, 3.8) is 0 Å². The number of carbonyl (C=O) groups is 1. The molecule has 0 spiro atoms. The van der Waals surface area contributed by atoms with E-state index in [1.807, 2.05) is 29.4 Å². The lowest BCUT2D eigenvalue weighted by Crippen LogP contribution is -2.39. The molecular weight excluding hydrogens is 306 g/mol. The number of hydrogen-bond donors (Lipinski definition) is 0. The third-order valence-electron chi connectivity index (χ3n) is 4.77. The molecule has 5 heteroatoms. The lowest BCUT2D eigenvalue weighted by Gasteiger charge is -2.32. The van der Waals surface area contributed by atoms with Crippen molar-refractivity contribution in [1.29, 1.82) is 0 Å². The molecule has 3 heterocycles. The minimum absolute atomic E-state index is 0.210. The van der Waals surface area contributed by atoms with Gasteiger partial charge in [-0.3, -0.25) is 4.79 Å². The Morgan fingerprint density at radius 3 is 2.78 bits per heavy atom. The van der Waals surface area contributed by atoms with E-state index in [1.54, 1.807) is 11.3 Å².